The molecule has 10 heteroatoms. The Morgan fingerprint density at radius 2 is 1.75 bits per heavy atom. The van der Waals surface area contributed by atoms with Crippen LogP contribution in [0.4, 0.5) is 22.7 Å². The summed E-state index contributed by atoms with van der Waals surface area (Å²) in [5.74, 6) is -0.304. The summed E-state index contributed by atoms with van der Waals surface area (Å²) in [5.41, 5.74) is 4.14. The number of benzene rings is 3. The third kappa shape index (κ3) is 5.06. The van der Waals surface area contributed by atoms with E-state index in [1.165, 1.54) is 13.2 Å². The number of methoxy groups -OCH3 is 1. The highest BCUT2D eigenvalue weighted by atomic mass is 16.6. The number of nitrogens with one attached hydrogen (secondary N) is 3. The summed E-state index contributed by atoms with van der Waals surface area (Å²) >= 11 is 0. The summed E-state index contributed by atoms with van der Waals surface area (Å²) < 4.78 is 5.21. The molecule has 5 rings (SSSR count). The first-order chi connectivity index (χ1) is 19.2. The summed E-state index contributed by atoms with van der Waals surface area (Å²) in [7, 11) is 1.38. The van der Waals surface area contributed by atoms with Gasteiger partial charge >= 0.3 is 5.69 Å². The van der Waals surface area contributed by atoms with Crippen molar-refractivity contribution in [1.82, 2.24) is 10.3 Å². The van der Waals surface area contributed by atoms with Crippen LogP contribution < -0.4 is 20.7 Å². The zero-order chi connectivity index (χ0) is 28.4. The Kier molecular flexibility index (Phi) is 6.91. The summed E-state index contributed by atoms with van der Waals surface area (Å²) in [5, 5.41) is 20.5. The number of nitro groups is 1. The number of nitrogens with zero attached hydrogens (tertiary/aromatic N) is 2. The van der Waals surface area contributed by atoms with Crippen molar-refractivity contribution in [3.05, 3.63) is 106 Å². The second kappa shape index (κ2) is 10.5. The highest BCUT2D eigenvalue weighted by Gasteiger charge is 2.31. The first-order valence-electron chi connectivity index (χ1n) is 12.6. The highest BCUT2D eigenvalue weighted by Crippen LogP contribution is 2.39. The fourth-order valence-corrected chi connectivity index (χ4v) is 4.54. The predicted molar refractivity (Wildman–Crippen MR) is 152 cm³/mol. The van der Waals surface area contributed by atoms with Gasteiger partial charge in [0, 0.05) is 12.3 Å². The molecule has 0 bridgehead atoms. The highest BCUT2D eigenvalue weighted by molar-refractivity contribution is 6.12. The summed E-state index contributed by atoms with van der Waals surface area (Å²) in [6.07, 6.45) is 1.68. The molecule has 3 aromatic carbocycles. The Morgan fingerprint density at radius 1 is 0.975 bits per heavy atom. The van der Waals surface area contributed by atoms with E-state index in [0.717, 1.165) is 16.8 Å². The van der Waals surface area contributed by atoms with Gasteiger partial charge in [0.25, 0.3) is 5.91 Å². The van der Waals surface area contributed by atoms with E-state index >= 15 is 0 Å². The van der Waals surface area contributed by atoms with Crippen molar-refractivity contribution >= 4 is 34.6 Å². The Bertz CT molecular complexity index is 1640. The number of hydrogen-bond donors (Lipinski definition) is 3. The van der Waals surface area contributed by atoms with E-state index in [0.29, 0.717) is 34.7 Å². The number of carbonyl (C=O) groups is 2. The lowest BCUT2D eigenvalue weighted by Crippen LogP contribution is -2.39. The van der Waals surface area contributed by atoms with Crippen molar-refractivity contribution in [1.29, 1.82) is 0 Å². The molecule has 0 saturated carbocycles. The van der Waals surface area contributed by atoms with Gasteiger partial charge in [-0.15, -0.1) is 0 Å². The van der Waals surface area contributed by atoms with Gasteiger partial charge in [0.2, 0.25) is 5.91 Å². The van der Waals surface area contributed by atoms with E-state index in [1.807, 2.05) is 50.2 Å². The summed E-state index contributed by atoms with van der Waals surface area (Å²) in [6, 6.07) is 20.9. The lowest BCUT2D eigenvalue weighted by molar-refractivity contribution is -0.385. The van der Waals surface area contributed by atoms with E-state index in [4.69, 9.17) is 4.74 Å². The van der Waals surface area contributed by atoms with Crippen molar-refractivity contribution in [2.75, 3.05) is 17.7 Å². The van der Waals surface area contributed by atoms with Crippen molar-refractivity contribution in [3.8, 4) is 16.9 Å². The van der Waals surface area contributed by atoms with Crippen LogP contribution in [0.25, 0.3) is 11.1 Å². The Morgan fingerprint density at radius 3 is 2.48 bits per heavy atom. The molecule has 0 fully saturated rings. The van der Waals surface area contributed by atoms with Crippen LogP contribution in [0.3, 0.4) is 0 Å². The van der Waals surface area contributed by atoms with Crippen LogP contribution in [-0.4, -0.2) is 28.8 Å². The zero-order valence-corrected chi connectivity index (χ0v) is 22.1. The minimum Gasteiger partial charge on any atom is -0.490 e. The number of carbonyl (C=O) groups excluding carboxylic acids is 2. The Labute approximate surface area is 230 Å². The molecule has 40 heavy (non-hydrogen) atoms. The van der Waals surface area contributed by atoms with Gasteiger partial charge in [-0.1, -0.05) is 18.2 Å². The molecule has 1 aliphatic rings. The summed E-state index contributed by atoms with van der Waals surface area (Å²) in [6.45, 7) is 3.99. The lowest BCUT2D eigenvalue weighted by Gasteiger charge is -2.25. The average Bonchev–Trinajstić information content (AvgIpc) is 3.10. The van der Waals surface area contributed by atoms with Crippen molar-refractivity contribution in [2.24, 2.45) is 0 Å². The van der Waals surface area contributed by atoms with Crippen LogP contribution in [0.5, 0.6) is 5.75 Å². The maximum atomic E-state index is 13.2. The molecule has 4 aromatic rings. The first kappa shape index (κ1) is 26.4. The quantitative estimate of drug-likeness (QED) is 0.207. The molecule has 1 aromatic heterocycles. The molecule has 0 unspecified atom stereocenters. The third-order valence-electron chi connectivity index (χ3n) is 6.96. The standard InChI is InChI=1S/C30H27N5O5/c1-30(2,29(37)32-17-21-6-4-5-13-31-21)20-9-11-23-25(16-20)33-24-14-18(7-10-22(24)28(36)34-23)19-8-12-26(35(38)39)27(15-19)40-3/h4-16,33H,17H2,1-3H3,(H,32,37)(H,34,36). The summed E-state index contributed by atoms with van der Waals surface area (Å²) in [4.78, 5) is 41.2. The van der Waals surface area contributed by atoms with Crippen LogP contribution in [0.15, 0.2) is 79.0 Å². The van der Waals surface area contributed by atoms with E-state index in [-0.39, 0.29) is 23.3 Å². The maximum Gasteiger partial charge on any atom is 0.310 e. The molecule has 10 nitrogen and oxygen atoms in total. The maximum absolute atomic E-state index is 13.2. The van der Waals surface area contributed by atoms with E-state index in [2.05, 4.69) is 20.9 Å². The van der Waals surface area contributed by atoms with Crippen LogP contribution in [0.1, 0.15) is 35.5 Å². The number of fused-ring (bicyclic) bond motifs is 2. The van der Waals surface area contributed by atoms with Gasteiger partial charge in [0.15, 0.2) is 5.75 Å². The molecule has 2 heterocycles. The van der Waals surface area contributed by atoms with Crippen LogP contribution in [-0.2, 0) is 16.8 Å². The van der Waals surface area contributed by atoms with E-state index in [1.54, 1.807) is 36.5 Å². The second-order valence-corrected chi connectivity index (χ2v) is 9.87. The molecule has 2 amide bonds. The normalized spacial score (nSPS) is 12.2. The van der Waals surface area contributed by atoms with Crippen LogP contribution in [0, 0.1) is 10.1 Å². The molecule has 0 spiro atoms. The average molecular weight is 538 g/mol. The molecule has 0 atom stereocenters. The van der Waals surface area contributed by atoms with Gasteiger partial charge in [-0.25, -0.2) is 0 Å². The number of pyridine rings is 1. The zero-order valence-electron chi connectivity index (χ0n) is 22.1. The fourth-order valence-electron chi connectivity index (χ4n) is 4.54. The van der Waals surface area contributed by atoms with Crippen molar-refractivity contribution in [2.45, 2.75) is 25.8 Å². The number of aromatic nitrogens is 1. The number of hydrogen-bond acceptors (Lipinski definition) is 7. The van der Waals surface area contributed by atoms with E-state index < -0.39 is 10.3 Å². The number of nitro benzene ring substituents is 1. The number of ether oxygens (including phenoxy) is 1. The molecular weight excluding hydrogens is 510 g/mol. The number of anilines is 3. The Balaban J connectivity index is 1.44. The van der Waals surface area contributed by atoms with Gasteiger partial charge in [-0.3, -0.25) is 24.7 Å². The molecule has 0 radical (unpaired) electrons. The van der Waals surface area contributed by atoms with Gasteiger partial charge < -0.3 is 20.7 Å². The van der Waals surface area contributed by atoms with Gasteiger partial charge in [0.05, 0.1) is 52.3 Å². The molecule has 3 N–H and O–H groups in total. The smallest absolute Gasteiger partial charge is 0.310 e. The molecule has 202 valence electrons. The molecule has 0 aliphatic carbocycles. The lowest BCUT2D eigenvalue weighted by atomic mass is 9.83. The SMILES string of the molecule is COc1cc(-c2ccc3c(c2)Nc2cc(C(C)(C)C(=O)NCc4ccccn4)ccc2NC3=O)ccc1[N+](=O)[O-]. The van der Waals surface area contributed by atoms with Crippen LogP contribution in [0.2, 0.25) is 0 Å². The molecule has 0 saturated heterocycles. The molecule has 1 aliphatic heterocycles. The first-order valence-corrected chi connectivity index (χ1v) is 12.6. The number of rotatable bonds is 7. The topological polar surface area (TPSA) is 135 Å². The largest absolute Gasteiger partial charge is 0.490 e. The monoisotopic (exact) mass is 537 g/mol. The van der Waals surface area contributed by atoms with Crippen molar-refractivity contribution in [3.63, 3.8) is 0 Å². The van der Waals surface area contributed by atoms with Crippen LogP contribution >= 0.6 is 0 Å². The fraction of sp³-hybridized carbons (Fsp3) is 0.167. The third-order valence-corrected chi connectivity index (χ3v) is 6.96. The minimum absolute atomic E-state index is 0.133. The number of amides is 2. The Hall–Kier alpha value is -5.25. The minimum atomic E-state index is -0.873. The second-order valence-electron chi connectivity index (χ2n) is 9.87. The molecular formula is C30H27N5O5. The van der Waals surface area contributed by atoms with Gasteiger partial charge in [-0.05, 0) is 79.1 Å². The van der Waals surface area contributed by atoms with Gasteiger partial charge in [-0.2, -0.15) is 0 Å². The van der Waals surface area contributed by atoms with Crippen molar-refractivity contribution < 1.29 is 19.2 Å². The predicted octanol–water partition coefficient (Wildman–Crippen LogP) is 5.57. The van der Waals surface area contributed by atoms with Gasteiger partial charge in [0.1, 0.15) is 0 Å². The van der Waals surface area contributed by atoms with E-state index in [9.17, 15) is 19.7 Å².